The predicted octanol–water partition coefficient (Wildman–Crippen LogP) is 2.26. The molecule has 1 aromatic heterocycles. The molecular formula is C20H22FN3O6S. The molecule has 0 spiro atoms. The van der Waals surface area contributed by atoms with Crippen LogP contribution in [0, 0.1) is 5.82 Å². The van der Waals surface area contributed by atoms with E-state index in [0.717, 1.165) is 4.31 Å². The van der Waals surface area contributed by atoms with Gasteiger partial charge in [0.05, 0.1) is 47.4 Å². The van der Waals surface area contributed by atoms with Gasteiger partial charge in [0.2, 0.25) is 15.8 Å². The second-order valence-corrected chi connectivity index (χ2v) is 9.99. The molecule has 31 heavy (non-hydrogen) atoms. The van der Waals surface area contributed by atoms with E-state index in [9.17, 15) is 18.6 Å². The van der Waals surface area contributed by atoms with Gasteiger partial charge in [-0.05, 0) is 31.2 Å². The number of aromatic hydroxyl groups is 2. The van der Waals surface area contributed by atoms with Crippen LogP contribution in [0.15, 0.2) is 29.2 Å². The molecule has 0 atom stereocenters. The Hall–Kier alpha value is -2.89. The van der Waals surface area contributed by atoms with Crippen molar-refractivity contribution in [2.45, 2.75) is 17.4 Å². The molecule has 166 valence electrons. The fourth-order valence-corrected chi connectivity index (χ4v) is 4.53. The molecule has 11 heteroatoms. The van der Waals surface area contributed by atoms with Crippen molar-refractivity contribution in [3.63, 3.8) is 0 Å². The van der Waals surface area contributed by atoms with E-state index < -0.39 is 32.9 Å². The molecule has 2 aromatic carbocycles. The largest absolute Gasteiger partial charge is 0.502 e. The van der Waals surface area contributed by atoms with Gasteiger partial charge >= 0.3 is 0 Å². The summed E-state index contributed by atoms with van der Waals surface area (Å²) in [4.78, 5) is 4.58. The molecule has 1 aliphatic rings. The quantitative estimate of drug-likeness (QED) is 0.572. The van der Waals surface area contributed by atoms with Crippen molar-refractivity contribution in [1.82, 2.24) is 13.9 Å². The van der Waals surface area contributed by atoms with Gasteiger partial charge in [-0.25, -0.2) is 22.1 Å². The molecule has 0 saturated carbocycles. The number of ether oxygens (including phenoxy) is 2. The van der Waals surface area contributed by atoms with Crippen LogP contribution in [0.25, 0.3) is 22.4 Å². The van der Waals surface area contributed by atoms with Crippen LogP contribution in [0.1, 0.15) is 6.92 Å². The first-order chi connectivity index (χ1) is 14.5. The minimum atomic E-state index is -3.71. The van der Waals surface area contributed by atoms with Gasteiger partial charge in [-0.3, -0.25) is 0 Å². The average Bonchev–Trinajstić information content (AvgIpc) is 3.09. The molecule has 1 saturated heterocycles. The van der Waals surface area contributed by atoms with Crippen molar-refractivity contribution in [2.24, 2.45) is 0 Å². The molecule has 1 aliphatic heterocycles. The number of hydrogen-bond acceptors (Lipinski definition) is 7. The third-order valence-corrected chi connectivity index (χ3v) is 7.22. The molecule has 0 amide bonds. The number of imidazole rings is 1. The smallest absolute Gasteiger partial charge is 0.242 e. The van der Waals surface area contributed by atoms with E-state index in [2.05, 4.69) is 4.98 Å². The van der Waals surface area contributed by atoms with E-state index in [1.807, 2.05) is 6.92 Å². The summed E-state index contributed by atoms with van der Waals surface area (Å²) in [5.74, 6) is -2.73. The molecule has 9 nitrogen and oxygen atoms in total. The highest BCUT2D eigenvalue weighted by molar-refractivity contribution is 7.89. The lowest BCUT2D eigenvalue weighted by Gasteiger charge is -2.40. The summed E-state index contributed by atoms with van der Waals surface area (Å²) >= 11 is 0. The summed E-state index contributed by atoms with van der Waals surface area (Å²) in [5, 5.41) is 20.0. The summed E-state index contributed by atoms with van der Waals surface area (Å²) < 4.78 is 53.5. The lowest BCUT2D eigenvalue weighted by atomic mass is 9.98. The molecule has 2 heterocycles. The summed E-state index contributed by atoms with van der Waals surface area (Å²) in [6, 6.07) is 5.70. The highest BCUT2D eigenvalue weighted by Crippen LogP contribution is 2.44. The summed E-state index contributed by atoms with van der Waals surface area (Å²) in [6.07, 6.45) is 0. The number of rotatable bonds is 5. The highest BCUT2D eigenvalue weighted by atomic mass is 32.2. The SMILES string of the molecule is COc1cc(-c2nc3ccc(S(=O)(=O)N(C)C)cc3n2C2(C)COC2)c(F)c(O)c1O. The number of hydrogen-bond donors (Lipinski definition) is 2. The Kier molecular flexibility index (Phi) is 4.87. The van der Waals surface area contributed by atoms with Crippen molar-refractivity contribution >= 4 is 21.1 Å². The van der Waals surface area contributed by atoms with E-state index in [-0.39, 0.29) is 22.0 Å². The molecule has 0 bridgehead atoms. The minimum Gasteiger partial charge on any atom is -0.502 e. The maximum absolute atomic E-state index is 15.0. The van der Waals surface area contributed by atoms with Gasteiger partial charge in [0.1, 0.15) is 5.82 Å². The van der Waals surface area contributed by atoms with Crippen molar-refractivity contribution in [1.29, 1.82) is 0 Å². The number of sulfonamides is 1. The number of phenols is 2. The number of fused-ring (bicyclic) bond motifs is 1. The van der Waals surface area contributed by atoms with Crippen LogP contribution in [0.4, 0.5) is 4.39 Å². The van der Waals surface area contributed by atoms with E-state index in [4.69, 9.17) is 9.47 Å². The van der Waals surface area contributed by atoms with E-state index >= 15 is 4.39 Å². The molecule has 2 N–H and O–H groups in total. The number of halogens is 1. The lowest BCUT2D eigenvalue weighted by molar-refractivity contribution is -0.0868. The zero-order valence-corrected chi connectivity index (χ0v) is 18.2. The fourth-order valence-electron chi connectivity index (χ4n) is 3.61. The van der Waals surface area contributed by atoms with Gasteiger partial charge in [0.15, 0.2) is 17.3 Å². The predicted molar refractivity (Wildman–Crippen MR) is 110 cm³/mol. The first-order valence-electron chi connectivity index (χ1n) is 9.33. The van der Waals surface area contributed by atoms with Crippen molar-refractivity contribution in [2.75, 3.05) is 34.4 Å². The molecule has 0 radical (unpaired) electrons. The first-order valence-corrected chi connectivity index (χ1v) is 10.8. The van der Waals surface area contributed by atoms with Crippen LogP contribution < -0.4 is 4.74 Å². The zero-order valence-electron chi connectivity index (χ0n) is 17.4. The summed E-state index contributed by atoms with van der Waals surface area (Å²) in [5.41, 5.74) is 0.174. The van der Waals surface area contributed by atoms with Gasteiger partial charge in [-0.15, -0.1) is 0 Å². The summed E-state index contributed by atoms with van der Waals surface area (Å²) in [7, 11) is 0.434. The van der Waals surface area contributed by atoms with Crippen LogP contribution in [-0.2, 0) is 20.3 Å². The van der Waals surface area contributed by atoms with Gasteiger partial charge in [0, 0.05) is 14.1 Å². The second-order valence-electron chi connectivity index (χ2n) is 7.84. The number of nitrogens with zero attached hydrogens (tertiary/aromatic N) is 3. The van der Waals surface area contributed by atoms with Crippen molar-refractivity contribution in [3.8, 4) is 28.6 Å². The monoisotopic (exact) mass is 451 g/mol. The molecule has 4 rings (SSSR count). The van der Waals surface area contributed by atoms with Crippen molar-refractivity contribution in [3.05, 3.63) is 30.1 Å². The van der Waals surface area contributed by atoms with E-state index in [0.29, 0.717) is 24.2 Å². The van der Waals surface area contributed by atoms with Crippen LogP contribution in [0.2, 0.25) is 0 Å². The van der Waals surface area contributed by atoms with Gasteiger partial charge in [-0.2, -0.15) is 0 Å². The normalized spacial score (nSPS) is 15.9. The molecule has 3 aromatic rings. The maximum atomic E-state index is 15.0. The Morgan fingerprint density at radius 3 is 2.45 bits per heavy atom. The van der Waals surface area contributed by atoms with Crippen LogP contribution >= 0.6 is 0 Å². The van der Waals surface area contributed by atoms with E-state index in [1.54, 1.807) is 10.6 Å². The Bertz CT molecular complexity index is 1300. The third-order valence-electron chi connectivity index (χ3n) is 5.41. The third kappa shape index (κ3) is 3.11. The number of benzene rings is 2. The summed E-state index contributed by atoms with van der Waals surface area (Å²) in [6.45, 7) is 2.49. The van der Waals surface area contributed by atoms with Gasteiger partial charge < -0.3 is 24.3 Å². The van der Waals surface area contributed by atoms with Gasteiger partial charge in [0.25, 0.3) is 0 Å². The van der Waals surface area contributed by atoms with Crippen molar-refractivity contribution < 1.29 is 32.5 Å². The minimum absolute atomic E-state index is 0.0631. The second kappa shape index (κ2) is 7.08. The number of phenolic OH excluding ortho intramolecular Hbond substituents is 2. The molecular weight excluding hydrogens is 429 g/mol. The fraction of sp³-hybridized carbons (Fsp3) is 0.350. The maximum Gasteiger partial charge on any atom is 0.242 e. The number of methoxy groups -OCH3 is 1. The lowest BCUT2D eigenvalue weighted by Crippen LogP contribution is -2.49. The highest BCUT2D eigenvalue weighted by Gasteiger charge is 2.40. The Morgan fingerprint density at radius 2 is 1.90 bits per heavy atom. The van der Waals surface area contributed by atoms with Gasteiger partial charge in [-0.1, -0.05) is 0 Å². The average molecular weight is 451 g/mol. The Labute approximate surface area is 178 Å². The molecule has 1 fully saturated rings. The topological polar surface area (TPSA) is 114 Å². The molecule has 0 unspecified atom stereocenters. The van der Waals surface area contributed by atoms with Crippen LogP contribution in [0.5, 0.6) is 17.2 Å². The molecule has 0 aliphatic carbocycles. The Morgan fingerprint density at radius 1 is 1.23 bits per heavy atom. The number of aromatic nitrogens is 2. The van der Waals surface area contributed by atoms with Crippen LogP contribution in [0.3, 0.4) is 0 Å². The standard InChI is InChI=1S/C20H22FN3O6S/c1-20(9-30-10-20)24-14-7-11(31(27,28)23(2)3)5-6-13(14)22-19(24)12-8-15(29-4)17(25)18(26)16(12)21/h5-8,25-26H,9-10H2,1-4H3. The first kappa shape index (κ1) is 21.3. The van der Waals surface area contributed by atoms with E-state index in [1.165, 1.54) is 39.4 Å². The van der Waals surface area contributed by atoms with Crippen LogP contribution in [-0.4, -0.2) is 66.9 Å². The zero-order chi connectivity index (χ0) is 22.7. The Balaban J connectivity index is 2.06.